The first-order valence-electron chi connectivity index (χ1n) is 10.5. The van der Waals surface area contributed by atoms with Gasteiger partial charge in [-0.2, -0.15) is 5.84 Å². The van der Waals surface area contributed by atoms with Gasteiger partial charge in [-0.15, -0.1) is 0 Å². The van der Waals surface area contributed by atoms with Gasteiger partial charge in [0.1, 0.15) is 0 Å². The molecule has 0 aromatic heterocycles. The topological polar surface area (TPSA) is 59.7 Å². The molecular formula is C21H45ClN2O. The smallest absolute Gasteiger partial charge is 0.329 e. The summed E-state index contributed by atoms with van der Waals surface area (Å²) in [5.41, 5.74) is 1.71. The summed E-state index contributed by atoms with van der Waals surface area (Å²) in [7, 11) is 0. The lowest BCUT2D eigenvalue weighted by Gasteiger charge is -2.17. The molecule has 0 aliphatic rings. The first kappa shape index (κ1) is 27.1. The molecule has 0 aliphatic carbocycles. The maximum atomic E-state index is 11.0. The first-order chi connectivity index (χ1) is 11.5. The predicted molar refractivity (Wildman–Crippen MR) is 104 cm³/mol. The van der Waals surface area contributed by atoms with E-state index in [9.17, 15) is 4.79 Å². The zero-order chi connectivity index (χ0) is 18.1. The van der Waals surface area contributed by atoms with E-state index in [2.05, 4.69) is 20.8 Å². The van der Waals surface area contributed by atoms with E-state index in [-0.39, 0.29) is 18.3 Å². The Morgan fingerprint density at radius 3 is 1.32 bits per heavy atom. The van der Waals surface area contributed by atoms with Gasteiger partial charge in [-0.1, -0.05) is 104 Å². The average molecular weight is 377 g/mol. The van der Waals surface area contributed by atoms with Crippen LogP contribution in [0.15, 0.2) is 0 Å². The molecule has 0 fully saturated rings. The van der Waals surface area contributed by atoms with E-state index in [1.54, 1.807) is 0 Å². The monoisotopic (exact) mass is 376 g/mol. The van der Waals surface area contributed by atoms with Gasteiger partial charge < -0.3 is 12.4 Å². The van der Waals surface area contributed by atoms with E-state index in [1.807, 2.05) is 0 Å². The van der Waals surface area contributed by atoms with Gasteiger partial charge in [0.2, 0.25) is 0 Å². The van der Waals surface area contributed by atoms with E-state index in [0.29, 0.717) is 11.8 Å². The highest BCUT2D eigenvalue weighted by molar-refractivity contribution is 5.64. The van der Waals surface area contributed by atoms with Crippen LogP contribution in [0.25, 0.3) is 0 Å². The maximum absolute atomic E-state index is 11.0. The van der Waals surface area contributed by atoms with Crippen LogP contribution in [0.5, 0.6) is 0 Å². The Bertz CT molecular complexity index is 290. The number of quaternary nitrogens is 1. The van der Waals surface area contributed by atoms with Gasteiger partial charge in [0.05, 0.1) is 6.42 Å². The van der Waals surface area contributed by atoms with Crippen molar-refractivity contribution in [2.24, 2.45) is 11.3 Å². The molecule has 0 rings (SSSR count). The third kappa shape index (κ3) is 23.9. The largest absolute Gasteiger partial charge is 1.00 e. The number of halogens is 1. The summed E-state index contributed by atoms with van der Waals surface area (Å²) >= 11 is 0. The van der Waals surface area contributed by atoms with Crippen molar-refractivity contribution < 1.29 is 22.6 Å². The van der Waals surface area contributed by atoms with Gasteiger partial charge in [-0.05, 0) is 18.3 Å². The number of primary amides is 1. The molecule has 0 aromatic rings. The lowest BCUT2D eigenvalue weighted by Crippen LogP contribution is -3.00. The molecule has 0 bridgehead atoms. The van der Waals surface area contributed by atoms with Crippen LogP contribution in [0, 0.1) is 5.41 Å². The Morgan fingerprint density at radius 2 is 1.00 bits per heavy atom. The summed E-state index contributed by atoms with van der Waals surface area (Å²) in [6.07, 6.45) is 20.9. The van der Waals surface area contributed by atoms with Crippen molar-refractivity contribution in [2.75, 3.05) is 0 Å². The summed E-state index contributed by atoms with van der Waals surface area (Å²) < 4.78 is 0. The molecule has 0 spiro atoms. The third-order valence-electron chi connectivity index (χ3n) is 4.79. The molecule has 0 aliphatic heterocycles. The number of carbonyl (C=O) groups is 1. The minimum Gasteiger partial charge on any atom is -1.00 e. The Kier molecular flexibility index (Phi) is 20.2. The minimum absolute atomic E-state index is 0. The number of amides is 1. The standard InChI is InChI=1S/C21H44N2O.ClH/c1-21(2,3)19-17-15-13-11-9-7-5-4-6-8-10-12-14-16-18-20(24)23-22;/h4-19,22H2,1-3H3,(H,23,24);1H. The summed E-state index contributed by atoms with van der Waals surface area (Å²) in [6.45, 7) is 7.03. The molecule has 0 unspecified atom stereocenters. The van der Waals surface area contributed by atoms with Crippen molar-refractivity contribution in [1.82, 2.24) is 0 Å². The molecular weight excluding hydrogens is 332 g/mol. The van der Waals surface area contributed by atoms with Crippen LogP contribution in [-0.2, 0) is 4.79 Å². The van der Waals surface area contributed by atoms with Crippen molar-refractivity contribution >= 4 is 5.91 Å². The van der Waals surface area contributed by atoms with Crippen LogP contribution >= 0.6 is 0 Å². The minimum atomic E-state index is 0. The van der Waals surface area contributed by atoms with Crippen LogP contribution in [0.3, 0.4) is 0 Å². The second-order valence-corrected chi connectivity index (χ2v) is 8.64. The molecule has 3 nitrogen and oxygen atoms in total. The fraction of sp³-hybridized carbons (Fsp3) is 0.952. The highest BCUT2D eigenvalue weighted by atomic mass is 35.5. The fourth-order valence-electron chi connectivity index (χ4n) is 3.16. The van der Waals surface area contributed by atoms with Gasteiger partial charge in [0.15, 0.2) is 0 Å². The lowest BCUT2D eigenvalue weighted by atomic mass is 9.89. The number of unbranched alkanes of at least 4 members (excludes halogenated alkanes) is 13. The highest BCUT2D eigenvalue weighted by Gasteiger charge is 2.08. The first-order valence-corrected chi connectivity index (χ1v) is 10.5. The predicted octanol–water partition coefficient (Wildman–Crippen LogP) is 2.24. The Balaban J connectivity index is 0. The quantitative estimate of drug-likeness (QED) is 0.188. The zero-order valence-corrected chi connectivity index (χ0v) is 18.0. The van der Waals surface area contributed by atoms with Gasteiger partial charge in [-0.3, -0.25) is 0 Å². The van der Waals surface area contributed by atoms with Gasteiger partial charge in [0.25, 0.3) is 0 Å². The number of carbonyl (C=O) groups excluding carboxylic acids is 1. The molecule has 4 heteroatoms. The van der Waals surface area contributed by atoms with Crippen LogP contribution in [0.1, 0.15) is 124 Å². The molecule has 4 N–H and O–H groups in total. The number of nitrogens with two attached hydrogens (primary N) is 2. The Hall–Kier alpha value is -0.120. The second kappa shape index (κ2) is 18.7. The van der Waals surface area contributed by atoms with Crippen molar-refractivity contribution in [3.05, 3.63) is 0 Å². The normalized spacial score (nSPS) is 11.4. The lowest BCUT2D eigenvalue weighted by molar-refractivity contribution is -0.581. The van der Waals surface area contributed by atoms with Crippen LogP contribution in [-0.4, -0.2) is 5.91 Å². The van der Waals surface area contributed by atoms with Gasteiger partial charge in [-0.25, -0.2) is 10.2 Å². The van der Waals surface area contributed by atoms with Crippen molar-refractivity contribution in [2.45, 2.75) is 124 Å². The second-order valence-electron chi connectivity index (χ2n) is 8.64. The van der Waals surface area contributed by atoms with Crippen LogP contribution in [0.2, 0.25) is 0 Å². The van der Waals surface area contributed by atoms with E-state index >= 15 is 0 Å². The maximum Gasteiger partial charge on any atom is 0.329 e. The molecule has 0 atom stereocenters. The fourth-order valence-corrected chi connectivity index (χ4v) is 3.16. The van der Waals surface area contributed by atoms with E-state index in [4.69, 9.17) is 5.84 Å². The SMILES string of the molecule is CC(C)(C)CCCCCCCCCCCCCCCCC(=O)[NH2+]N.[Cl-]. The number of rotatable bonds is 16. The van der Waals surface area contributed by atoms with Crippen molar-refractivity contribution in [3.8, 4) is 0 Å². The summed E-state index contributed by atoms with van der Waals surface area (Å²) in [5.74, 6) is 5.26. The molecule has 0 saturated heterocycles. The van der Waals surface area contributed by atoms with Gasteiger partial charge in [0, 0.05) is 0 Å². The van der Waals surface area contributed by atoms with Crippen molar-refractivity contribution in [1.29, 1.82) is 0 Å². The Morgan fingerprint density at radius 1 is 0.680 bits per heavy atom. The van der Waals surface area contributed by atoms with Crippen LogP contribution < -0.4 is 23.7 Å². The Labute approximate surface area is 163 Å². The molecule has 1 amide bonds. The summed E-state index contributed by atoms with van der Waals surface area (Å²) in [4.78, 5) is 11.0. The summed E-state index contributed by atoms with van der Waals surface area (Å²) in [5, 5.41) is 0. The van der Waals surface area contributed by atoms with Crippen LogP contribution in [0.4, 0.5) is 0 Å². The number of hydrogen-bond donors (Lipinski definition) is 2. The molecule has 0 heterocycles. The summed E-state index contributed by atoms with van der Waals surface area (Å²) in [6, 6.07) is 0. The zero-order valence-electron chi connectivity index (χ0n) is 17.3. The van der Waals surface area contributed by atoms with E-state index < -0.39 is 0 Å². The molecule has 0 aromatic carbocycles. The molecule has 0 saturated carbocycles. The highest BCUT2D eigenvalue weighted by Crippen LogP contribution is 2.22. The molecule has 0 radical (unpaired) electrons. The van der Waals surface area contributed by atoms with E-state index in [0.717, 1.165) is 6.42 Å². The molecule has 152 valence electrons. The van der Waals surface area contributed by atoms with Gasteiger partial charge >= 0.3 is 5.91 Å². The molecule has 25 heavy (non-hydrogen) atoms. The average Bonchev–Trinajstić information content (AvgIpc) is 2.53. The van der Waals surface area contributed by atoms with E-state index in [1.165, 1.54) is 95.3 Å². The third-order valence-corrected chi connectivity index (χ3v) is 4.79. The number of hydrogen-bond acceptors (Lipinski definition) is 2. The van der Waals surface area contributed by atoms with Crippen molar-refractivity contribution in [3.63, 3.8) is 0 Å².